The van der Waals surface area contributed by atoms with Gasteiger partial charge in [-0.2, -0.15) is 17.9 Å². The van der Waals surface area contributed by atoms with Crippen LogP contribution in [0.5, 0.6) is 0 Å². The number of benzene rings is 2. The van der Waals surface area contributed by atoms with Crippen molar-refractivity contribution in [3.63, 3.8) is 0 Å². The maximum atomic E-state index is 12.8. The van der Waals surface area contributed by atoms with Crippen LogP contribution in [0.2, 0.25) is 0 Å². The van der Waals surface area contributed by atoms with Crippen LogP contribution < -0.4 is 0 Å². The maximum absolute atomic E-state index is 12.8. The van der Waals surface area contributed by atoms with Crippen LogP contribution in [0.15, 0.2) is 72.8 Å². The van der Waals surface area contributed by atoms with E-state index >= 15 is 0 Å². The lowest BCUT2D eigenvalue weighted by Crippen LogP contribution is -2.06. The minimum atomic E-state index is -4.40. The van der Waals surface area contributed by atoms with Crippen LogP contribution in [0.3, 0.4) is 0 Å². The molecule has 2 heterocycles. The number of hydrogen-bond acceptors (Lipinski definition) is 4. The molecule has 134 valence electrons. The van der Waals surface area contributed by atoms with Gasteiger partial charge in [0, 0.05) is 5.56 Å². The van der Waals surface area contributed by atoms with Gasteiger partial charge in [-0.15, -0.1) is 5.10 Å². The molecule has 0 N–H and O–H groups in total. The van der Waals surface area contributed by atoms with Gasteiger partial charge in [-0.3, -0.25) is 0 Å². The zero-order valence-electron chi connectivity index (χ0n) is 13.8. The summed E-state index contributed by atoms with van der Waals surface area (Å²) in [5.74, 6) is 0.340. The van der Waals surface area contributed by atoms with E-state index in [1.807, 2.05) is 42.5 Å². The van der Waals surface area contributed by atoms with E-state index in [1.54, 1.807) is 6.07 Å². The predicted octanol–water partition coefficient (Wildman–Crippen LogP) is 4.41. The molecule has 2 aromatic heterocycles. The highest BCUT2D eigenvalue weighted by Crippen LogP contribution is 2.30. The van der Waals surface area contributed by atoms with Crippen LogP contribution in [0.1, 0.15) is 5.56 Å². The number of halogens is 3. The van der Waals surface area contributed by atoms with E-state index in [4.69, 9.17) is 0 Å². The number of alkyl halides is 3. The molecule has 0 atom stereocenters. The standard InChI is InChI=1S/C19H12F3N5/c20-19(21,22)14-9-11-15(12-10-14)27-18(24-25-26-27)17-8-4-7-16(23-17)13-5-2-1-3-6-13/h1-12H. The van der Waals surface area contributed by atoms with E-state index in [9.17, 15) is 13.2 Å². The van der Waals surface area contributed by atoms with Gasteiger partial charge in [-0.05, 0) is 46.8 Å². The molecule has 4 aromatic rings. The molecule has 0 aliphatic carbocycles. The molecule has 0 spiro atoms. The molecule has 8 heteroatoms. The van der Waals surface area contributed by atoms with Gasteiger partial charge < -0.3 is 0 Å². The molecular formula is C19H12F3N5. The number of hydrogen-bond donors (Lipinski definition) is 0. The minimum Gasteiger partial charge on any atom is -0.244 e. The van der Waals surface area contributed by atoms with Crippen molar-refractivity contribution in [1.29, 1.82) is 0 Å². The minimum absolute atomic E-state index is 0.340. The highest BCUT2D eigenvalue weighted by Gasteiger charge is 2.30. The van der Waals surface area contributed by atoms with Gasteiger partial charge in [0.25, 0.3) is 0 Å². The quantitative estimate of drug-likeness (QED) is 0.538. The van der Waals surface area contributed by atoms with Gasteiger partial charge in [-0.25, -0.2) is 4.98 Å². The zero-order chi connectivity index (χ0) is 18.9. The number of nitrogens with zero attached hydrogens (tertiary/aromatic N) is 5. The van der Waals surface area contributed by atoms with E-state index in [1.165, 1.54) is 16.8 Å². The summed E-state index contributed by atoms with van der Waals surface area (Å²) in [6.45, 7) is 0. The summed E-state index contributed by atoms with van der Waals surface area (Å²) in [7, 11) is 0. The number of tetrazole rings is 1. The van der Waals surface area contributed by atoms with E-state index in [0.717, 1.165) is 23.4 Å². The van der Waals surface area contributed by atoms with Crippen LogP contribution in [-0.4, -0.2) is 25.2 Å². The summed E-state index contributed by atoms with van der Waals surface area (Å²) in [5, 5.41) is 11.5. The third-order valence-corrected chi connectivity index (χ3v) is 3.96. The second-order valence-electron chi connectivity index (χ2n) is 5.73. The van der Waals surface area contributed by atoms with Crippen molar-refractivity contribution in [3.8, 4) is 28.5 Å². The fraction of sp³-hybridized carbons (Fsp3) is 0.0526. The molecule has 4 rings (SSSR count). The first kappa shape index (κ1) is 16.9. The number of aromatic nitrogens is 5. The highest BCUT2D eigenvalue weighted by molar-refractivity contribution is 5.63. The Labute approximate surface area is 152 Å². The number of rotatable bonds is 3. The van der Waals surface area contributed by atoms with Crippen molar-refractivity contribution in [1.82, 2.24) is 25.2 Å². The lowest BCUT2D eigenvalue weighted by Gasteiger charge is -2.09. The highest BCUT2D eigenvalue weighted by atomic mass is 19.4. The fourth-order valence-corrected chi connectivity index (χ4v) is 2.64. The Morgan fingerprint density at radius 1 is 0.741 bits per heavy atom. The Morgan fingerprint density at radius 3 is 2.15 bits per heavy atom. The van der Waals surface area contributed by atoms with Crippen molar-refractivity contribution in [2.45, 2.75) is 6.18 Å². The summed E-state index contributed by atoms with van der Waals surface area (Å²) in [6, 6.07) is 19.7. The van der Waals surface area contributed by atoms with Gasteiger partial charge in [0.2, 0.25) is 5.82 Å². The lowest BCUT2D eigenvalue weighted by atomic mass is 10.1. The van der Waals surface area contributed by atoms with Gasteiger partial charge in [0.15, 0.2) is 0 Å². The van der Waals surface area contributed by atoms with Crippen LogP contribution >= 0.6 is 0 Å². The van der Waals surface area contributed by atoms with E-state index in [-0.39, 0.29) is 0 Å². The topological polar surface area (TPSA) is 56.5 Å². The monoisotopic (exact) mass is 367 g/mol. The summed E-state index contributed by atoms with van der Waals surface area (Å²) < 4.78 is 39.6. The molecule has 27 heavy (non-hydrogen) atoms. The lowest BCUT2D eigenvalue weighted by molar-refractivity contribution is -0.137. The summed E-state index contributed by atoms with van der Waals surface area (Å²) in [5.41, 5.74) is 1.88. The summed E-state index contributed by atoms with van der Waals surface area (Å²) in [6.07, 6.45) is -4.40. The average Bonchev–Trinajstić information content (AvgIpc) is 3.18. The normalized spacial score (nSPS) is 11.5. The molecule has 0 radical (unpaired) electrons. The Balaban J connectivity index is 1.73. The van der Waals surface area contributed by atoms with Gasteiger partial charge in [0.05, 0.1) is 16.9 Å². The molecule has 0 saturated heterocycles. The van der Waals surface area contributed by atoms with Crippen LogP contribution in [0.4, 0.5) is 13.2 Å². The maximum Gasteiger partial charge on any atom is 0.416 e. The molecule has 0 fully saturated rings. The van der Waals surface area contributed by atoms with Gasteiger partial charge >= 0.3 is 6.18 Å². The van der Waals surface area contributed by atoms with E-state index in [2.05, 4.69) is 20.5 Å². The first-order valence-corrected chi connectivity index (χ1v) is 8.01. The molecule has 0 saturated carbocycles. The molecule has 5 nitrogen and oxygen atoms in total. The molecule has 2 aromatic carbocycles. The van der Waals surface area contributed by atoms with Crippen LogP contribution in [0, 0.1) is 0 Å². The average molecular weight is 367 g/mol. The van der Waals surface area contributed by atoms with Crippen LogP contribution in [-0.2, 0) is 6.18 Å². The molecule has 0 aliphatic heterocycles. The first-order chi connectivity index (χ1) is 13.0. The van der Waals surface area contributed by atoms with Crippen molar-refractivity contribution < 1.29 is 13.2 Å². The Hall–Kier alpha value is -3.55. The van der Waals surface area contributed by atoms with Gasteiger partial charge in [0.1, 0.15) is 5.69 Å². The Kier molecular flexibility index (Phi) is 4.15. The third-order valence-electron chi connectivity index (χ3n) is 3.96. The second kappa shape index (κ2) is 6.64. The zero-order valence-corrected chi connectivity index (χ0v) is 13.8. The molecule has 0 aliphatic rings. The second-order valence-corrected chi connectivity index (χ2v) is 5.73. The molecule has 0 bridgehead atoms. The molecular weight excluding hydrogens is 355 g/mol. The van der Waals surface area contributed by atoms with E-state index < -0.39 is 11.7 Å². The predicted molar refractivity (Wildman–Crippen MR) is 92.8 cm³/mol. The third kappa shape index (κ3) is 3.41. The van der Waals surface area contributed by atoms with Crippen molar-refractivity contribution in [2.24, 2.45) is 0 Å². The van der Waals surface area contributed by atoms with Crippen molar-refractivity contribution in [3.05, 3.63) is 78.4 Å². The summed E-state index contributed by atoms with van der Waals surface area (Å²) >= 11 is 0. The molecule has 0 unspecified atom stereocenters. The van der Waals surface area contributed by atoms with Crippen molar-refractivity contribution in [2.75, 3.05) is 0 Å². The first-order valence-electron chi connectivity index (χ1n) is 8.01. The number of pyridine rings is 1. The van der Waals surface area contributed by atoms with Crippen LogP contribution in [0.25, 0.3) is 28.5 Å². The van der Waals surface area contributed by atoms with Gasteiger partial charge in [-0.1, -0.05) is 36.4 Å². The Bertz CT molecular complexity index is 1060. The largest absolute Gasteiger partial charge is 0.416 e. The SMILES string of the molecule is FC(F)(F)c1ccc(-n2nnnc2-c2cccc(-c3ccccc3)n2)cc1. The molecule has 0 amide bonds. The Morgan fingerprint density at radius 2 is 1.44 bits per heavy atom. The van der Waals surface area contributed by atoms with Crippen molar-refractivity contribution >= 4 is 0 Å². The van der Waals surface area contributed by atoms with E-state index in [0.29, 0.717) is 17.2 Å². The summed E-state index contributed by atoms with van der Waals surface area (Å²) in [4.78, 5) is 4.59. The fourth-order valence-electron chi connectivity index (χ4n) is 2.64. The smallest absolute Gasteiger partial charge is 0.244 e.